The molecule has 0 spiro atoms. The molecule has 1 heterocycles. The van der Waals surface area contributed by atoms with Crippen LogP contribution in [0.15, 0.2) is 12.5 Å². The van der Waals surface area contributed by atoms with Crippen LogP contribution in [0, 0.1) is 5.92 Å². The fraction of sp³-hybridized carbons (Fsp3) is 0.750. The van der Waals surface area contributed by atoms with E-state index in [1.54, 1.807) is 41.5 Å². The van der Waals surface area contributed by atoms with E-state index in [1.165, 1.54) is 19.6 Å². The molecule has 1 aromatic rings. The Balaban J connectivity index is 3.26. The first-order valence-electron chi connectivity index (χ1n) is 19.9. The summed E-state index contributed by atoms with van der Waals surface area (Å²) < 4.78 is 21.1. The number of esters is 2. The summed E-state index contributed by atoms with van der Waals surface area (Å²) in [5.41, 5.74) is -1.49. The summed E-state index contributed by atoms with van der Waals surface area (Å²) >= 11 is 0. The number of amides is 2. The minimum absolute atomic E-state index is 0.00905. The molecule has 6 N–H and O–H groups in total. The first-order chi connectivity index (χ1) is 27.4. The first-order valence-corrected chi connectivity index (χ1v) is 19.9. The predicted octanol–water partition coefficient (Wildman–Crippen LogP) is 2.44. The average Bonchev–Trinajstić information content (AvgIpc) is 3.63. The lowest BCUT2D eigenvalue weighted by atomic mass is 9.91. The van der Waals surface area contributed by atoms with Gasteiger partial charge in [-0.25, -0.2) is 23.9 Å². The van der Waals surface area contributed by atoms with Crippen molar-refractivity contribution in [2.75, 3.05) is 14.2 Å². The number of hydrogen-bond acceptors (Lipinski definition) is 16. The molecule has 0 saturated heterocycles. The van der Waals surface area contributed by atoms with Crippen LogP contribution >= 0.6 is 0 Å². The minimum atomic E-state index is -2.20. The highest BCUT2D eigenvalue weighted by atomic mass is 16.6. The Morgan fingerprint density at radius 1 is 0.712 bits per heavy atom. The first kappa shape index (κ1) is 52.6. The van der Waals surface area contributed by atoms with Gasteiger partial charge in [-0.15, -0.1) is 0 Å². The van der Waals surface area contributed by atoms with E-state index in [-0.39, 0.29) is 50.6 Å². The summed E-state index contributed by atoms with van der Waals surface area (Å²) in [4.78, 5) is 94.5. The number of ether oxygens (including phenoxy) is 4. The summed E-state index contributed by atoms with van der Waals surface area (Å²) in [7, 11) is 2.16. The lowest BCUT2D eigenvalue weighted by molar-refractivity contribution is -0.168. The number of carbonyl (C=O) groups is 7. The molecule has 19 heteroatoms. The van der Waals surface area contributed by atoms with Crippen LogP contribution in [0.3, 0.4) is 0 Å². The van der Waals surface area contributed by atoms with Gasteiger partial charge in [0.05, 0.1) is 31.9 Å². The van der Waals surface area contributed by atoms with Crippen molar-refractivity contribution in [2.24, 2.45) is 5.92 Å². The number of aliphatic hydroxyl groups excluding tert-OH is 4. The topological polar surface area (TPSA) is 279 Å². The Morgan fingerprint density at radius 3 is 1.86 bits per heavy atom. The van der Waals surface area contributed by atoms with E-state index in [9.17, 15) is 54.0 Å². The number of aliphatic hydroxyl groups is 4. The number of methoxy groups -OCH3 is 2. The van der Waals surface area contributed by atoms with Crippen molar-refractivity contribution >= 4 is 41.6 Å². The fourth-order valence-corrected chi connectivity index (χ4v) is 5.80. The van der Waals surface area contributed by atoms with E-state index >= 15 is 0 Å². The van der Waals surface area contributed by atoms with Crippen molar-refractivity contribution in [2.45, 2.75) is 173 Å². The van der Waals surface area contributed by atoms with Crippen LogP contribution in [0.1, 0.15) is 125 Å². The maximum atomic E-state index is 14.0. The van der Waals surface area contributed by atoms with Crippen LogP contribution in [-0.4, -0.2) is 133 Å². The standard InChI is InChI=1S/C40H66N4O15/c1-10-11-12-14-17-24(35(52)56-8)20-29(46)27(21-25-22-44(23-41-25)38(55)59-40(5,6)7)42-34(51)26(43-37(54)58-39(2,3)4)18-15-13-16-19-28(45)30(47)31(48)32(49)33(50)36(53)57-9/h22-24,26-27,30-33,47-50H,10-21H2,1-9H3,(H,42,51)(H,43,54). The van der Waals surface area contributed by atoms with Crippen molar-refractivity contribution in [3.63, 3.8) is 0 Å². The molecule has 336 valence electrons. The SMILES string of the molecule is CCCCCCC(CC(=O)C(Cc1cn(C(=O)OC(C)(C)C)cn1)NC(=O)C(CCCCCC(=O)C(O)C(O)C(O)C(O)C(=O)OC)NC(=O)OC(C)(C)C)C(=O)OC. The summed E-state index contributed by atoms with van der Waals surface area (Å²) in [6.07, 6.45) is -4.11. The summed E-state index contributed by atoms with van der Waals surface area (Å²) in [5.74, 6) is -4.82. The van der Waals surface area contributed by atoms with Crippen LogP contribution in [0.5, 0.6) is 0 Å². The number of hydrogen-bond donors (Lipinski definition) is 6. The van der Waals surface area contributed by atoms with Crippen LogP contribution in [0.4, 0.5) is 9.59 Å². The Hall–Kier alpha value is -4.46. The Morgan fingerprint density at radius 2 is 1.29 bits per heavy atom. The number of imidazole rings is 1. The zero-order valence-electron chi connectivity index (χ0n) is 35.9. The zero-order chi connectivity index (χ0) is 45.1. The van der Waals surface area contributed by atoms with Gasteiger partial charge in [-0.1, -0.05) is 45.4 Å². The summed E-state index contributed by atoms with van der Waals surface area (Å²) in [5, 5.41) is 45.3. The molecule has 0 radical (unpaired) electrons. The van der Waals surface area contributed by atoms with Gasteiger partial charge < -0.3 is 50.0 Å². The number of ketones is 2. The van der Waals surface area contributed by atoms with E-state index in [4.69, 9.17) is 14.2 Å². The number of nitrogens with zero attached hydrogens (tertiary/aromatic N) is 2. The maximum Gasteiger partial charge on any atom is 0.419 e. The monoisotopic (exact) mass is 842 g/mol. The molecule has 0 aromatic carbocycles. The van der Waals surface area contributed by atoms with Crippen LogP contribution < -0.4 is 10.6 Å². The molecule has 59 heavy (non-hydrogen) atoms. The number of Topliss-reactive ketones (excluding diaryl/α,β-unsaturated/α-hetero) is 2. The number of unbranched alkanes of at least 4 members (excludes halogenated alkanes) is 5. The molecule has 0 aliphatic carbocycles. The van der Waals surface area contributed by atoms with Gasteiger partial charge >= 0.3 is 24.1 Å². The Bertz CT molecular complexity index is 1530. The number of alkyl carbamates (subject to hydrolysis) is 1. The van der Waals surface area contributed by atoms with Crippen molar-refractivity contribution in [3.8, 4) is 0 Å². The van der Waals surface area contributed by atoms with E-state index in [2.05, 4.69) is 20.4 Å². The number of carbonyl (C=O) groups excluding carboxylic acids is 7. The molecule has 0 saturated carbocycles. The molecule has 7 unspecified atom stereocenters. The molecule has 7 atom stereocenters. The van der Waals surface area contributed by atoms with E-state index in [1.807, 2.05) is 6.92 Å². The zero-order valence-corrected chi connectivity index (χ0v) is 35.9. The smallest absolute Gasteiger partial charge is 0.419 e. The highest BCUT2D eigenvalue weighted by Gasteiger charge is 2.38. The molecule has 2 amide bonds. The van der Waals surface area contributed by atoms with Crippen molar-refractivity contribution in [1.29, 1.82) is 0 Å². The normalized spacial score (nSPS) is 15.3. The summed E-state index contributed by atoms with van der Waals surface area (Å²) in [6, 6.07) is -2.53. The summed E-state index contributed by atoms with van der Waals surface area (Å²) in [6.45, 7) is 12.0. The second-order valence-electron chi connectivity index (χ2n) is 16.4. The molecule has 0 fully saturated rings. The number of nitrogens with one attached hydrogen (secondary N) is 2. The maximum absolute atomic E-state index is 14.0. The van der Waals surface area contributed by atoms with Crippen LogP contribution in [-0.2, 0) is 49.3 Å². The van der Waals surface area contributed by atoms with Crippen molar-refractivity contribution < 1.29 is 72.9 Å². The van der Waals surface area contributed by atoms with Gasteiger partial charge in [0, 0.05) is 25.5 Å². The van der Waals surface area contributed by atoms with Crippen LogP contribution in [0.2, 0.25) is 0 Å². The largest absolute Gasteiger partial charge is 0.469 e. The lowest BCUT2D eigenvalue weighted by Crippen LogP contribution is -2.53. The van der Waals surface area contributed by atoms with Gasteiger partial charge in [0.1, 0.15) is 41.9 Å². The quantitative estimate of drug-likeness (QED) is 0.0468. The number of rotatable bonds is 25. The molecular weight excluding hydrogens is 776 g/mol. The third-order valence-electron chi connectivity index (χ3n) is 8.94. The highest BCUT2D eigenvalue weighted by molar-refractivity contribution is 5.94. The Labute approximate surface area is 345 Å². The highest BCUT2D eigenvalue weighted by Crippen LogP contribution is 2.20. The van der Waals surface area contributed by atoms with E-state index in [0.29, 0.717) is 12.8 Å². The molecule has 1 rings (SSSR count). The second kappa shape index (κ2) is 25.2. The van der Waals surface area contributed by atoms with Crippen molar-refractivity contribution in [1.82, 2.24) is 20.2 Å². The fourth-order valence-electron chi connectivity index (χ4n) is 5.80. The van der Waals surface area contributed by atoms with Gasteiger partial charge in [-0.3, -0.25) is 19.2 Å². The molecular formula is C40H66N4O15. The predicted molar refractivity (Wildman–Crippen MR) is 211 cm³/mol. The van der Waals surface area contributed by atoms with Gasteiger partial charge in [0.2, 0.25) is 5.91 Å². The molecule has 19 nitrogen and oxygen atoms in total. The lowest BCUT2D eigenvalue weighted by Gasteiger charge is -2.26. The average molecular weight is 843 g/mol. The Kier molecular flexibility index (Phi) is 22.5. The number of aromatic nitrogens is 2. The second-order valence-corrected chi connectivity index (χ2v) is 16.4. The third-order valence-corrected chi connectivity index (χ3v) is 8.94. The third kappa shape index (κ3) is 19.9. The van der Waals surface area contributed by atoms with Gasteiger partial charge in [-0.2, -0.15) is 0 Å². The van der Waals surface area contributed by atoms with E-state index < -0.39 is 95.2 Å². The molecule has 0 aliphatic rings. The van der Waals surface area contributed by atoms with Gasteiger partial charge in [0.25, 0.3) is 0 Å². The minimum Gasteiger partial charge on any atom is -0.469 e. The molecule has 0 bridgehead atoms. The van der Waals surface area contributed by atoms with E-state index in [0.717, 1.165) is 30.9 Å². The van der Waals surface area contributed by atoms with Gasteiger partial charge in [-0.05, 0) is 60.8 Å². The van der Waals surface area contributed by atoms with Gasteiger partial charge in [0.15, 0.2) is 17.7 Å². The van der Waals surface area contributed by atoms with Crippen molar-refractivity contribution in [3.05, 3.63) is 18.2 Å². The molecule has 1 aromatic heterocycles. The van der Waals surface area contributed by atoms with Crippen LogP contribution in [0.25, 0.3) is 0 Å². The molecule has 0 aliphatic heterocycles.